The quantitative estimate of drug-likeness (QED) is 0.848. The molecule has 1 fully saturated rings. The molecule has 2 aromatic rings. The second-order valence-electron chi connectivity index (χ2n) is 5.82. The van der Waals surface area contributed by atoms with Crippen LogP contribution in [0.25, 0.3) is 0 Å². The van der Waals surface area contributed by atoms with Gasteiger partial charge < -0.3 is 14.1 Å². The highest BCUT2D eigenvalue weighted by Gasteiger charge is 2.28. The maximum atomic E-state index is 10.3. The van der Waals surface area contributed by atoms with Crippen molar-refractivity contribution in [1.29, 1.82) is 0 Å². The number of hydrogen-bond acceptors (Lipinski definition) is 4. The fraction of sp³-hybridized carbons (Fsp3) is 0.562. The number of rotatable bonds is 4. The zero-order chi connectivity index (χ0) is 14.7. The topological polar surface area (TPSA) is 63.2 Å². The number of nitrogens with zero attached hydrogens (tertiary/aromatic N) is 2. The van der Waals surface area contributed by atoms with E-state index < -0.39 is 0 Å². The molecule has 2 N–H and O–H groups in total. The second kappa shape index (κ2) is 6.45. The number of aryl methyl sites for hydroxylation is 1. The van der Waals surface area contributed by atoms with Crippen molar-refractivity contribution in [2.75, 3.05) is 0 Å². The number of aliphatic hydroxyl groups excluding tert-OH is 1. The van der Waals surface area contributed by atoms with E-state index >= 15 is 0 Å². The standard InChI is InChI=1S/C16H23N3O2/c1-19-10-9-17-16(19)15(14-8-5-11-21-14)18-12-6-3-2-4-7-13(12)20/h5,8-13,15,18,20H,2-4,6-7H2,1H3. The van der Waals surface area contributed by atoms with Crippen molar-refractivity contribution in [2.24, 2.45) is 7.05 Å². The van der Waals surface area contributed by atoms with Gasteiger partial charge in [-0.1, -0.05) is 19.3 Å². The Morgan fingerprint density at radius 1 is 1.38 bits per heavy atom. The molecule has 2 heterocycles. The van der Waals surface area contributed by atoms with Crippen LogP contribution < -0.4 is 5.32 Å². The molecule has 0 bridgehead atoms. The zero-order valence-corrected chi connectivity index (χ0v) is 12.4. The number of nitrogens with one attached hydrogen (secondary N) is 1. The summed E-state index contributed by atoms with van der Waals surface area (Å²) in [4.78, 5) is 4.44. The summed E-state index contributed by atoms with van der Waals surface area (Å²) in [5.41, 5.74) is 0. The minimum atomic E-state index is -0.301. The van der Waals surface area contributed by atoms with Crippen LogP contribution in [0.3, 0.4) is 0 Å². The first kappa shape index (κ1) is 14.4. The van der Waals surface area contributed by atoms with Crippen LogP contribution >= 0.6 is 0 Å². The van der Waals surface area contributed by atoms with Gasteiger partial charge in [0, 0.05) is 25.5 Å². The largest absolute Gasteiger partial charge is 0.467 e. The fourth-order valence-corrected chi connectivity index (χ4v) is 3.09. The van der Waals surface area contributed by atoms with Gasteiger partial charge in [0.25, 0.3) is 0 Å². The van der Waals surface area contributed by atoms with E-state index in [9.17, 15) is 5.11 Å². The molecule has 1 saturated carbocycles. The normalized spacial score (nSPS) is 24.7. The van der Waals surface area contributed by atoms with Crippen LogP contribution in [0.1, 0.15) is 49.7 Å². The highest BCUT2D eigenvalue weighted by Crippen LogP contribution is 2.25. The van der Waals surface area contributed by atoms with Gasteiger partial charge in [0.15, 0.2) is 0 Å². The maximum absolute atomic E-state index is 10.3. The molecular weight excluding hydrogens is 266 g/mol. The molecule has 1 aliphatic rings. The fourth-order valence-electron chi connectivity index (χ4n) is 3.09. The molecule has 0 radical (unpaired) electrons. The highest BCUT2D eigenvalue weighted by atomic mass is 16.3. The van der Waals surface area contributed by atoms with Crippen LogP contribution in [-0.4, -0.2) is 26.8 Å². The molecule has 2 aromatic heterocycles. The van der Waals surface area contributed by atoms with Gasteiger partial charge in [-0.15, -0.1) is 0 Å². The van der Waals surface area contributed by atoms with Crippen molar-refractivity contribution in [3.8, 4) is 0 Å². The van der Waals surface area contributed by atoms with E-state index in [-0.39, 0.29) is 18.2 Å². The van der Waals surface area contributed by atoms with E-state index in [0.29, 0.717) is 0 Å². The molecule has 0 saturated heterocycles. The van der Waals surface area contributed by atoms with Gasteiger partial charge in [-0.05, 0) is 25.0 Å². The number of aromatic nitrogens is 2. The number of hydrogen-bond donors (Lipinski definition) is 2. The Balaban J connectivity index is 1.84. The molecule has 0 aliphatic heterocycles. The van der Waals surface area contributed by atoms with E-state index in [2.05, 4.69) is 10.3 Å². The smallest absolute Gasteiger partial charge is 0.133 e. The molecule has 5 heteroatoms. The van der Waals surface area contributed by atoms with Gasteiger partial charge in [0.1, 0.15) is 17.6 Å². The van der Waals surface area contributed by atoms with Crippen molar-refractivity contribution in [3.63, 3.8) is 0 Å². The average molecular weight is 289 g/mol. The van der Waals surface area contributed by atoms with Gasteiger partial charge in [0.05, 0.1) is 12.4 Å². The highest BCUT2D eigenvalue weighted by molar-refractivity contribution is 5.16. The van der Waals surface area contributed by atoms with Crippen molar-refractivity contribution in [3.05, 3.63) is 42.4 Å². The molecule has 3 rings (SSSR count). The molecule has 0 amide bonds. The maximum Gasteiger partial charge on any atom is 0.133 e. The van der Waals surface area contributed by atoms with E-state index in [1.807, 2.05) is 29.9 Å². The Kier molecular flexibility index (Phi) is 4.41. The zero-order valence-electron chi connectivity index (χ0n) is 12.4. The van der Waals surface area contributed by atoms with Crippen LogP contribution in [0, 0.1) is 0 Å². The van der Waals surface area contributed by atoms with E-state index in [4.69, 9.17) is 4.42 Å². The predicted molar refractivity (Wildman–Crippen MR) is 79.8 cm³/mol. The summed E-state index contributed by atoms with van der Waals surface area (Å²) in [5.74, 6) is 1.74. The summed E-state index contributed by atoms with van der Waals surface area (Å²) < 4.78 is 7.57. The average Bonchev–Trinajstić information content (AvgIpc) is 3.10. The molecular formula is C16H23N3O2. The van der Waals surface area contributed by atoms with Crippen LogP contribution in [0.4, 0.5) is 0 Å². The van der Waals surface area contributed by atoms with Crippen molar-refractivity contribution in [1.82, 2.24) is 14.9 Å². The monoisotopic (exact) mass is 289 g/mol. The summed E-state index contributed by atoms with van der Waals surface area (Å²) in [7, 11) is 1.98. The Morgan fingerprint density at radius 3 is 2.95 bits per heavy atom. The summed E-state index contributed by atoms with van der Waals surface area (Å²) >= 11 is 0. The number of aliphatic hydroxyl groups is 1. The Bertz CT molecular complexity index is 550. The Morgan fingerprint density at radius 2 is 2.24 bits per heavy atom. The third-order valence-electron chi connectivity index (χ3n) is 4.30. The molecule has 3 atom stereocenters. The van der Waals surface area contributed by atoms with E-state index in [1.165, 1.54) is 6.42 Å². The van der Waals surface area contributed by atoms with Gasteiger partial charge in [0.2, 0.25) is 0 Å². The van der Waals surface area contributed by atoms with Crippen LogP contribution in [-0.2, 0) is 7.05 Å². The second-order valence-corrected chi connectivity index (χ2v) is 5.82. The predicted octanol–water partition coefficient (Wildman–Crippen LogP) is 2.39. The molecule has 1 aliphatic carbocycles. The lowest BCUT2D eigenvalue weighted by Gasteiger charge is -2.26. The summed E-state index contributed by atoms with van der Waals surface area (Å²) in [6, 6.07) is 3.79. The van der Waals surface area contributed by atoms with Gasteiger partial charge >= 0.3 is 0 Å². The lowest BCUT2D eigenvalue weighted by atomic mass is 10.0. The first-order chi connectivity index (χ1) is 10.3. The molecule has 5 nitrogen and oxygen atoms in total. The van der Waals surface area contributed by atoms with Crippen molar-refractivity contribution < 1.29 is 9.52 Å². The SMILES string of the molecule is Cn1ccnc1C(NC1CCCCCC1O)c1ccco1. The third-order valence-corrected chi connectivity index (χ3v) is 4.30. The number of imidazole rings is 1. The first-order valence-corrected chi connectivity index (χ1v) is 7.70. The lowest BCUT2D eigenvalue weighted by Crippen LogP contribution is -2.42. The van der Waals surface area contributed by atoms with Gasteiger partial charge in [-0.25, -0.2) is 4.98 Å². The molecule has 21 heavy (non-hydrogen) atoms. The third kappa shape index (κ3) is 3.19. The van der Waals surface area contributed by atoms with Crippen LogP contribution in [0.2, 0.25) is 0 Å². The molecule has 3 unspecified atom stereocenters. The van der Waals surface area contributed by atoms with Crippen LogP contribution in [0.5, 0.6) is 0 Å². The molecule has 0 spiro atoms. The first-order valence-electron chi connectivity index (χ1n) is 7.70. The molecule has 0 aromatic carbocycles. The van der Waals surface area contributed by atoms with Crippen LogP contribution in [0.15, 0.2) is 35.2 Å². The van der Waals surface area contributed by atoms with E-state index in [1.54, 1.807) is 12.5 Å². The van der Waals surface area contributed by atoms with Gasteiger partial charge in [-0.3, -0.25) is 5.32 Å². The minimum Gasteiger partial charge on any atom is -0.467 e. The Labute approximate surface area is 125 Å². The van der Waals surface area contributed by atoms with Gasteiger partial charge in [-0.2, -0.15) is 0 Å². The summed E-state index contributed by atoms with van der Waals surface area (Å²) in [5, 5.41) is 13.9. The molecule has 114 valence electrons. The minimum absolute atomic E-state index is 0.0827. The van der Waals surface area contributed by atoms with Crippen molar-refractivity contribution in [2.45, 2.75) is 50.3 Å². The lowest BCUT2D eigenvalue weighted by molar-refractivity contribution is 0.114. The van der Waals surface area contributed by atoms with E-state index in [0.717, 1.165) is 37.3 Å². The summed E-state index contributed by atoms with van der Waals surface area (Å²) in [6.45, 7) is 0. The summed E-state index contributed by atoms with van der Waals surface area (Å²) in [6.07, 6.45) is 10.4. The number of furan rings is 1. The van der Waals surface area contributed by atoms with Crippen molar-refractivity contribution >= 4 is 0 Å². The Hall–Kier alpha value is -1.59.